The van der Waals surface area contributed by atoms with Gasteiger partial charge in [-0.25, -0.2) is 0 Å². The maximum atomic E-state index is 12.2. The van der Waals surface area contributed by atoms with Gasteiger partial charge in [-0.1, -0.05) is 47.6 Å². The van der Waals surface area contributed by atoms with Crippen molar-refractivity contribution in [3.8, 4) is 5.75 Å². The largest absolute Gasteiger partial charge is 0.497 e. The molecular formula is C19H20N2O3. The number of rotatable bonds is 6. The number of amides is 1. The highest BCUT2D eigenvalue weighted by atomic mass is 16.6. The summed E-state index contributed by atoms with van der Waals surface area (Å²) in [5, 5.41) is 6.94. The van der Waals surface area contributed by atoms with E-state index in [4.69, 9.17) is 9.57 Å². The average Bonchev–Trinajstić information content (AvgIpc) is 3.13. The molecule has 0 aliphatic carbocycles. The second-order valence-electron chi connectivity index (χ2n) is 5.59. The van der Waals surface area contributed by atoms with Crippen molar-refractivity contribution in [2.24, 2.45) is 5.16 Å². The van der Waals surface area contributed by atoms with Gasteiger partial charge in [0.2, 0.25) is 6.10 Å². The van der Waals surface area contributed by atoms with Gasteiger partial charge in [0.05, 0.1) is 12.8 Å². The van der Waals surface area contributed by atoms with E-state index in [0.717, 1.165) is 29.0 Å². The Balaban J connectivity index is 1.45. The number of ether oxygens (including phenoxy) is 1. The van der Waals surface area contributed by atoms with Crippen LogP contribution in [0.1, 0.15) is 17.5 Å². The van der Waals surface area contributed by atoms with E-state index < -0.39 is 6.10 Å². The third-order valence-corrected chi connectivity index (χ3v) is 3.94. The molecule has 0 radical (unpaired) electrons. The molecule has 0 saturated heterocycles. The van der Waals surface area contributed by atoms with Crippen LogP contribution >= 0.6 is 0 Å². The van der Waals surface area contributed by atoms with E-state index in [9.17, 15) is 4.79 Å². The predicted octanol–water partition coefficient (Wildman–Crippen LogP) is 2.55. The van der Waals surface area contributed by atoms with E-state index in [1.807, 2.05) is 54.6 Å². The van der Waals surface area contributed by atoms with Crippen molar-refractivity contribution < 1.29 is 14.4 Å². The highest BCUT2D eigenvalue weighted by Crippen LogP contribution is 2.16. The molecule has 0 bridgehead atoms. The molecule has 5 heteroatoms. The van der Waals surface area contributed by atoms with Gasteiger partial charge >= 0.3 is 0 Å². The molecule has 24 heavy (non-hydrogen) atoms. The minimum atomic E-state index is -0.545. The molecule has 2 aromatic rings. The molecule has 2 aromatic carbocycles. The average molecular weight is 324 g/mol. The Kier molecular flexibility index (Phi) is 5.11. The topological polar surface area (TPSA) is 59.9 Å². The van der Waals surface area contributed by atoms with Crippen LogP contribution in [-0.2, 0) is 16.1 Å². The van der Waals surface area contributed by atoms with Crippen LogP contribution in [0.25, 0.3) is 0 Å². The molecule has 3 rings (SSSR count). The molecule has 1 atom stereocenters. The molecule has 1 aliphatic heterocycles. The van der Waals surface area contributed by atoms with Gasteiger partial charge in [0.25, 0.3) is 5.91 Å². The Morgan fingerprint density at radius 2 is 1.96 bits per heavy atom. The van der Waals surface area contributed by atoms with E-state index in [-0.39, 0.29) is 5.91 Å². The molecule has 0 fully saturated rings. The first-order valence-electron chi connectivity index (χ1n) is 7.95. The Bertz CT molecular complexity index is 711. The van der Waals surface area contributed by atoms with Crippen LogP contribution < -0.4 is 10.1 Å². The zero-order valence-electron chi connectivity index (χ0n) is 13.6. The maximum absolute atomic E-state index is 12.2. The minimum Gasteiger partial charge on any atom is -0.497 e. The molecule has 0 unspecified atom stereocenters. The lowest BCUT2D eigenvalue weighted by molar-refractivity contribution is -0.131. The van der Waals surface area contributed by atoms with Gasteiger partial charge in [0.15, 0.2) is 0 Å². The third-order valence-electron chi connectivity index (χ3n) is 3.94. The van der Waals surface area contributed by atoms with E-state index in [1.54, 1.807) is 7.11 Å². The number of hydrogen-bond donors (Lipinski definition) is 1. The Hall–Kier alpha value is -2.82. The predicted molar refractivity (Wildman–Crippen MR) is 92.2 cm³/mol. The number of oxime groups is 1. The van der Waals surface area contributed by atoms with Crippen molar-refractivity contribution in [2.45, 2.75) is 18.9 Å². The molecule has 1 N–H and O–H groups in total. The van der Waals surface area contributed by atoms with Crippen LogP contribution in [0, 0.1) is 0 Å². The molecule has 1 aliphatic rings. The van der Waals surface area contributed by atoms with Crippen LogP contribution in [-0.4, -0.2) is 31.4 Å². The molecule has 1 heterocycles. The van der Waals surface area contributed by atoms with Crippen LogP contribution in [0.4, 0.5) is 0 Å². The lowest BCUT2D eigenvalue weighted by atomic mass is 10.0. The van der Waals surface area contributed by atoms with Gasteiger partial charge in [-0.15, -0.1) is 0 Å². The SMILES string of the molecule is COc1ccc(CCNC(=O)[C@@H]2CC(c3ccccc3)=NO2)cc1. The van der Waals surface area contributed by atoms with Gasteiger partial charge in [-0.2, -0.15) is 0 Å². The molecule has 1 amide bonds. The van der Waals surface area contributed by atoms with E-state index >= 15 is 0 Å². The summed E-state index contributed by atoms with van der Waals surface area (Å²) in [6, 6.07) is 17.6. The first-order valence-corrected chi connectivity index (χ1v) is 7.95. The fourth-order valence-electron chi connectivity index (χ4n) is 2.56. The quantitative estimate of drug-likeness (QED) is 0.888. The molecule has 124 valence electrons. The van der Waals surface area contributed by atoms with Crippen molar-refractivity contribution >= 4 is 11.6 Å². The summed E-state index contributed by atoms with van der Waals surface area (Å²) in [5.41, 5.74) is 2.95. The number of methoxy groups -OCH3 is 1. The van der Waals surface area contributed by atoms with Crippen molar-refractivity contribution in [3.63, 3.8) is 0 Å². The molecule has 0 spiro atoms. The van der Waals surface area contributed by atoms with Crippen LogP contribution in [0.2, 0.25) is 0 Å². The number of carbonyl (C=O) groups is 1. The van der Waals surface area contributed by atoms with Crippen LogP contribution in [0.3, 0.4) is 0 Å². The standard InChI is InChI=1S/C19H20N2O3/c1-23-16-9-7-14(8-10-16)11-12-20-19(22)18-13-17(21-24-18)15-5-3-2-4-6-15/h2-10,18H,11-13H2,1H3,(H,20,22)/t18-/m0/s1. The van der Waals surface area contributed by atoms with Crippen molar-refractivity contribution in [1.29, 1.82) is 0 Å². The number of carbonyl (C=O) groups excluding carboxylic acids is 1. The molecular weight excluding hydrogens is 304 g/mol. The lowest BCUT2D eigenvalue weighted by Gasteiger charge is -2.09. The second-order valence-corrected chi connectivity index (χ2v) is 5.59. The van der Waals surface area contributed by atoms with E-state index in [1.165, 1.54) is 0 Å². The number of hydrogen-bond acceptors (Lipinski definition) is 4. The Labute approximate surface area is 141 Å². The minimum absolute atomic E-state index is 0.127. The van der Waals surface area contributed by atoms with Gasteiger partial charge in [-0.3, -0.25) is 4.79 Å². The summed E-state index contributed by atoms with van der Waals surface area (Å²) in [7, 11) is 1.64. The zero-order valence-corrected chi connectivity index (χ0v) is 13.6. The molecule has 0 aromatic heterocycles. The third kappa shape index (κ3) is 3.93. The number of nitrogens with one attached hydrogen (secondary N) is 1. The van der Waals surface area contributed by atoms with Gasteiger partial charge in [0, 0.05) is 13.0 Å². The van der Waals surface area contributed by atoms with Gasteiger partial charge in [0.1, 0.15) is 5.75 Å². The first-order chi connectivity index (χ1) is 11.8. The Morgan fingerprint density at radius 3 is 2.67 bits per heavy atom. The smallest absolute Gasteiger partial charge is 0.264 e. The van der Waals surface area contributed by atoms with Crippen LogP contribution in [0.15, 0.2) is 59.8 Å². The number of nitrogens with zero attached hydrogens (tertiary/aromatic N) is 1. The summed E-state index contributed by atoms with van der Waals surface area (Å²) < 4.78 is 5.13. The summed E-state index contributed by atoms with van der Waals surface area (Å²) in [6.45, 7) is 0.561. The number of benzene rings is 2. The van der Waals surface area contributed by atoms with Crippen molar-refractivity contribution in [1.82, 2.24) is 5.32 Å². The second kappa shape index (κ2) is 7.64. The first kappa shape index (κ1) is 16.1. The highest BCUT2D eigenvalue weighted by Gasteiger charge is 2.28. The van der Waals surface area contributed by atoms with Gasteiger partial charge in [-0.05, 0) is 29.7 Å². The zero-order chi connectivity index (χ0) is 16.8. The van der Waals surface area contributed by atoms with Gasteiger partial charge < -0.3 is 14.9 Å². The Morgan fingerprint density at radius 1 is 1.21 bits per heavy atom. The van der Waals surface area contributed by atoms with E-state index in [0.29, 0.717) is 13.0 Å². The summed E-state index contributed by atoms with van der Waals surface area (Å²) >= 11 is 0. The highest BCUT2D eigenvalue weighted by molar-refractivity contribution is 6.04. The van der Waals surface area contributed by atoms with E-state index in [2.05, 4.69) is 10.5 Å². The maximum Gasteiger partial charge on any atom is 0.264 e. The van der Waals surface area contributed by atoms with Crippen LogP contribution in [0.5, 0.6) is 5.75 Å². The fraction of sp³-hybridized carbons (Fsp3) is 0.263. The lowest BCUT2D eigenvalue weighted by Crippen LogP contribution is -2.36. The monoisotopic (exact) mass is 324 g/mol. The normalized spacial score (nSPS) is 16.2. The van der Waals surface area contributed by atoms with Crippen molar-refractivity contribution in [3.05, 3.63) is 65.7 Å². The fourth-order valence-corrected chi connectivity index (χ4v) is 2.56. The summed E-state index contributed by atoms with van der Waals surface area (Å²) in [5.74, 6) is 0.700. The summed E-state index contributed by atoms with van der Waals surface area (Å²) in [4.78, 5) is 17.5. The molecule has 0 saturated carbocycles. The molecule has 5 nitrogen and oxygen atoms in total. The summed E-state index contributed by atoms with van der Waals surface area (Å²) in [6.07, 6.45) is 0.712. The van der Waals surface area contributed by atoms with Crippen molar-refractivity contribution in [2.75, 3.05) is 13.7 Å².